The lowest BCUT2D eigenvalue weighted by atomic mass is 10.1. The second-order valence-corrected chi connectivity index (χ2v) is 5.86. The highest BCUT2D eigenvalue weighted by Crippen LogP contribution is 2.31. The number of hydrogen-bond donors (Lipinski definition) is 1. The highest BCUT2D eigenvalue weighted by molar-refractivity contribution is 5.83. The highest BCUT2D eigenvalue weighted by Gasteiger charge is 2.14. The Morgan fingerprint density at radius 1 is 1.12 bits per heavy atom. The van der Waals surface area contributed by atoms with Gasteiger partial charge < -0.3 is 9.72 Å². The lowest BCUT2D eigenvalue weighted by Crippen LogP contribution is -2.07. The van der Waals surface area contributed by atoms with Gasteiger partial charge in [-0.1, -0.05) is 0 Å². The van der Waals surface area contributed by atoms with Crippen molar-refractivity contribution in [2.24, 2.45) is 0 Å². The minimum absolute atomic E-state index is 0.0551. The van der Waals surface area contributed by atoms with Gasteiger partial charge in [0.2, 0.25) is 0 Å². The number of nitro groups is 1. The molecule has 1 N–H and O–H groups in total. The molecule has 0 aliphatic heterocycles. The summed E-state index contributed by atoms with van der Waals surface area (Å²) in [5, 5.41) is 11.0. The van der Waals surface area contributed by atoms with Crippen LogP contribution in [0.4, 0.5) is 14.5 Å². The number of benzene rings is 2. The first kappa shape index (κ1) is 17.5. The van der Waals surface area contributed by atoms with Crippen LogP contribution in [0.1, 0.15) is 23.2 Å². The summed E-state index contributed by atoms with van der Waals surface area (Å²) in [7, 11) is 0. The van der Waals surface area contributed by atoms with Crippen LogP contribution in [0.15, 0.2) is 41.2 Å². The highest BCUT2D eigenvalue weighted by atomic mass is 19.3. The molecule has 2 aromatic carbocycles. The number of pyridine rings is 1. The molecule has 0 aliphatic carbocycles. The summed E-state index contributed by atoms with van der Waals surface area (Å²) in [4.78, 5) is 25.0. The molecule has 0 spiro atoms. The molecule has 0 amide bonds. The van der Waals surface area contributed by atoms with Gasteiger partial charge in [-0.15, -0.1) is 0 Å². The van der Waals surface area contributed by atoms with Crippen LogP contribution in [0, 0.1) is 24.0 Å². The van der Waals surface area contributed by atoms with Gasteiger partial charge in [-0.3, -0.25) is 14.9 Å². The molecule has 0 atom stereocenters. The van der Waals surface area contributed by atoms with Crippen LogP contribution in [0.5, 0.6) is 11.5 Å². The molecule has 8 heteroatoms. The lowest BCUT2D eigenvalue weighted by Gasteiger charge is -2.12. The smallest absolute Gasteiger partial charge is 0.278 e. The Morgan fingerprint density at radius 3 is 2.46 bits per heavy atom. The van der Waals surface area contributed by atoms with Crippen LogP contribution in [0.3, 0.4) is 0 Å². The van der Waals surface area contributed by atoms with Gasteiger partial charge in [0.25, 0.3) is 12.1 Å². The molecule has 134 valence electrons. The number of fused-ring (bicyclic) bond motifs is 1. The molecule has 0 aliphatic rings. The number of H-pyrrole nitrogens is 1. The number of non-ortho nitro benzene ring substituents is 1. The van der Waals surface area contributed by atoms with E-state index in [-0.39, 0.29) is 11.1 Å². The van der Waals surface area contributed by atoms with Crippen molar-refractivity contribution in [3.8, 4) is 11.5 Å². The van der Waals surface area contributed by atoms with Crippen LogP contribution in [-0.2, 0) is 0 Å². The van der Waals surface area contributed by atoms with Crippen molar-refractivity contribution in [2.75, 3.05) is 0 Å². The van der Waals surface area contributed by atoms with Crippen molar-refractivity contribution in [3.05, 3.63) is 73.6 Å². The van der Waals surface area contributed by atoms with Gasteiger partial charge in [0.05, 0.1) is 16.1 Å². The molecule has 0 saturated heterocycles. The number of aryl methyl sites for hydroxylation is 2. The van der Waals surface area contributed by atoms with Crippen molar-refractivity contribution < 1.29 is 18.4 Å². The number of nitro benzene ring substituents is 1. The number of nitrogens with zero attached hydrogens (tertiary/aromatic N) is 1. The summed E-state index contributed by atoms with van der Waals surface area (Å²) in [6.45, 7) is 3.33. The number of nitrogens with one attached hydrogen (secondary N) is 1. The minimum atomic E-state index is -2.77. The maximum absolute atomic E-state index is 12.9. The van der Waals surface area contributed by atoms with E-state index in [1.807, 2.05) is 0 Å². The van der Waals surface area contributed by atoms with Gasteiger partial charge >= 0.3 is 0 Å². The number of ether oxygens (including phenoxy) is 1. The van der Waals surface area contributed by atoms with E-state index >= 15 is 0 Å². The van der Waals surface area contributed by atoms with E-state index in [4.69, 9.17) is 4.74 Å². The monoisotopic (exact) mass is 360 g/mol. The Kier molecular flexibility index (Phi) is 4.41. The maximum atomic E-state index is 12.9. The molecule has 26 heavy (non-hydrogen) atoms. The Bertz CT molecular complexity index is 1080. The Labute approximate surface area is 146 Å². The number of aromatic amines is 1. The third-order valence-corrected chi connectivity index (χ3v) is 3.96. The van der Waals surface area contributed by atoms with Crippen molar-refractivity contribution in [1.82, 2.24) is 4.98 Å². The quantitative estimate of drug-likeness (QED) is 0.536. The number of aromatic nitrogens is 1. The van der Waals surface area contributed by atoms with E-state index in [0.29, 0.717) is 28.1 Å². The molecule has 0 radical (unpaired) electrons. The van der Waals surface area contributed by atoms with Crippen LogP contribution >= 0.6 is 0 Å². The molecule has 0 fully saturated rings. The number of alkyl halides is 2. The lowest BCUT2D eigenvalue weighted by molar-refractivity contribution is -0.384. The van der Waals surface area contributed by atoms with Gasteiger partial charge in [0.15, 0.2) is 5.43 Å². The van der Waals surface area contributed by atoms with Crippen molar-refractivity contribution >= 4 is 16.6 Å². The summed E-state index contributed by atoms with van der Waals surface area (Å²) in [5.41, 5.74) is 0.408. The number of hydrogen-bond acceptors (Lipinski definition) is 4. The van der Waals surface area contributed by atoms with E-state index in [2.05, 4.69) is 4.98 Å². The summed E-state index contributed by atoms with van der Waals surface area (Å²) in [6.07, 6.45) is -2.77. The summed E-state index contributed by atoms with van der Waals surface area (Å²) >= 11 is 0. The molecular formula is C18H14F2N2O4. The van der Waals surface area contributed by atoms with E-state index in [1.165, 1.54) is 24.3 Å². The second kappa shape index (κ2) is 6.55. The molecule has 0 bridgehead atoms. The third-order valence-electron chi connectivity index (χ3n) is 3.96. The van der Waals surface area contributed by atoms with E-state index < -0.39 is 22.5 Å². The second-order valence-electron chi connectivity index (χ2n) is 5.86. The molecular weight excluding hydrogens is 346 g/mol. The first-order valence-electron chi connectivity index (χ1n) is 7.65. The van der Waals surface area contributed by atoms with Crippen LogP contribution in [-0.4, -0.2) is 9.91 Å². The molecule has 1 heterocycles. The van der Waals surface area contributed by atoms with Crippen LogP contribution in [0.25, 0.3) is 10.9 Å². The minimum Gasteiger partial charge on any atom is -0.457 e. The predicted molar refractivity (Wildman–Crippen MR) is 92.2 cm³/mol. The van der Waals surface area contributed by atoms with Crippen molar-refractivity contribution in [3.63, 3.8) is 0 Å². The standard InChI is InChI=1S/C18H14F2N2O4/c1-9-5-11(22(24)25)3-4-16(9)26-12-6-10(2)17-13(7-12)15(23)8-14(21-17)18(19)20/h3-8,18H,1-2H3,(H,21,23). The predicted octanol–water partition coefficient (Wildman–Crippen LogP) is 4.78. The molecule has 1 aromatic heterocycles. The fourth-order valence-corrected chi connectivity index (χ4v) is 2.68. The zero-order valence-corrected chi connectivity index (χ0v) is 13.9. The molecule has 0 saturated carbocycles. The number of halogens is 2. The summed E-state index contributed by atoms with van der Waals surface area (Å²) in [5.74, 6) is 0.734. The van der Waals surface area contributed by atoms with Gasteiger partial charge in [0.1, 0.15) is 11.5 Å². The van der Waals surface area contributed by atoms with Gasteiger partial charge in [-0.25, -0.2) is 8.78 Å². The summed E-state index contributed by atoms with van der Waals surface area (Å²) in [6, 6.07) is 8.10. The Balaban J connectivity index is 2.05. The van der Waals surface area contributed by atoms with E-state index in [0.717, 1.165) is 6.07 Å². The van der Waals surface area contributed by atoms with Gasteiger partial charge in [-0.2, -0.15) is 0 Å². The molecule has 3 aromatic rings. The summed E-state index contributed by atoms with van der Waals surface area (Å²) < 4.78 is 31.5. The van der Waals surface area contributed by atoms with Crippen molar-refractivity contribution in [1.29, 1.82) is 0 Å². The van der Waals surface area contributed by atoms with E-state index in [9.17, 15) is 23.7 Å². The number of rotatable bonds is 4. The average Bonchev–Trinajstić information content (AvgIpc) is 2.57. The largest absolute Gasteiger partial charge is 0.457 e. The first-order chi connectivity index (χ1) is 12.3. The van der Waals surface area contributed by atoms with Gasteiger partial charge in [-0.05, 0) is 43.2 Å². The van der Waals surface area contributed by atoms with Crippen molar-refractivity contribution in [2.45, 2.75) is 20.3 Å². The third kappa shape index (κ3) is 3.26. The average molecular weight is 360 g/mol. The van der Waals surface area contributed by atoms with Crippen LogP contribution < -0.4 is 10.2 Å². The Morgan fingerprint density at radius 2 is 1.85 bits per heavy atom. The Hall–Kier alpha value is -3.29. The normalized spacial score (nSPS) is 11.1. The van der Waals surface area contributed by atoms with E-state index in [1.54, 1.807) is 19.9 Å². The topological polar surface area (TPSA) is 85.2 Å². The fraction of sp³-hybridized carbons (Fsp3) is 0.167. The first-order valence-corrected chi connectivity index (χ1v) is 7.65. The fourth-order valence-electron chi connectivity index (χ4n) is 2.68. The molecule has 0 unspecified atom stereocenters. The maximum Gasteiger partial charge on any atom is 0.278 e. The zero-order valence-electron chi connectivity index (χ0n) is 13.9. The van der Waals surface area contributed by atoms with Gasteiger partial charge in [0, 0.05) is 23.6 Å². The SMILES string of the molecule is Cc1cc([N+](=O)[O-])ccc1Oc1cc(C)c2[nH]c(C(F)F)cc(=O)c2c1. The molecule has 3 rings (SSSR count). The molecule has 6 nitrogen and oxygen atoms in total. The zero-order chi connectivity index (χ0) is 19.0. The van der Waals surface area contributed by atoms with Crippen LogP contribution in [0.2, 0.25) is 0 Å².